The maximum absolute atomic E-state index is 11.8. The second-order valence-corrected chi connectivity index (χ2v) is 4.54. The summed E-state index contributed by atoms with van der Waals surface area (Å²) in [7, 11) is 0. The van der Waals surface area contributed by atoms with Gasteiger partial charge in [0.05, 0.1) is 10.8 Å². The van der Waals surface area contributed by atoms with Crippen LogP contribution in [0, 0.1) is 16.0 Å². The van der Waals surface area contributed by atoms with Gasteiger partial charge in [0.2, 0.25) is 5.91 Å². The van der Waals surface area contributed by atoms with E-state index in [0.29, 0.717) is 12.0 Å². The lowest BCUT2D eigenvalue weighted by Gasteiger charge is -2.10. The average molecular weight is 261 g/mol. The number of nitrogens with zero attached hydrogens (tertiary/aromatic N) is 1. The highest BCUT2D eigenvalue weighted by Crippen LogP contribution is 2.17. The topological polar surface area (TPSA) is 98.3 Å². The van der Waals surface area contributed by atoms with Gasteiger partial charge in [0, 0.05) is 24.7 Å². The van der Waals surface area contributed by atoms with Crippen molar-refractivity contribution in [1.82, 2.24) is 5.32 Å². The van der Waals surface area contributed by atoms with Gasteiger partial charge >= 0.3 is 0 Å². The lowest BCUT2D eigenvalue weighted by molar-refractivity contribution is -0.384. The molecule has 2 unspecified atom stereocenters. The second kappa shape index (κ2) is 5.62. The standard InChI is InChI=1S/C13H15N3O3/c14-11-5-4-10(7-11)13(17)15-8-9-2-1-3-12(6-9)16(18)19/h1-6,10-11H,7-8,14H2,(H,15,17). The molecule has 0 saturated heterocycles. The molecule has 19 heavy (non-hydrogen) atoms. The lowest BCUT2D eigenvalue weighted by atomic mass is 10.1. The Balaban J connectivity index is 1.92. The number of nitrogens with two attached hydrogens (primary N) is 1. The summed E-state index contributed by atoms with van der Waals surface area (Å²) >= 11 is 0. The van der Waals surface area contributed by atoms with Gasteiger partial charge in [0.25, 0.3) is 5.69 Å². The maximum Gasteiger partial charge on any atom is 0.269 e. The number of benzene rings is 1. The molecule has 1 aromatic rings. The Morgan fingerprint density at radius 1 is 1.47 bits per heavy atom. The molecule has 3 N–H and O–H groups in total. The first-order valence-electron chi connectivity index (χ1n) is 6.01. The number of carbonyl (C=O) groups excluding carboxylic acids is 1. The molecule has 2 rings (SSSR count). The average Bonchev–Trinajstić information content (AvgIpc) is 2.83. The van der Waals surface area contributed by atoms with E-state index >= 15 is 0 Å². The van der Waals surface area contributed by atoms with Gasteiger partial charge < -0.3 is 11.1 Å². The molecule has 1 aromatic carbocycles. The van der Waals surface area contributed by atoms with Gasteiger partial charge in [0.1, 0.15) is 0 Å². The predicted molar refractivity (Wildman–Crippen MR) is 70.2 cm³/mol. The van der Waals surface area contributed by atoms with Crippen molar-refractivity contribution in [3.05, 3.63) is 52.1 Å². The van der Waals surface area contributed by atoms with Gasteiger partial charge in [-0.25, -0.2) is 0 Å². The van der Waals surface area contributed by atoms with Crippen LogP contribution in [0.3, 0.4) is 0 Å². The Morgan fingerprint density at radius 2 is 2.26 bits per heavy atom. The molecule has 0 aromatic heterocycles. The molecular formula is C13H15N3O3. The van der Waals surface area contributed by atoms with Crippen LogP contribution in [0.5, 0.6) is 0 Å². The van der Waals surface area contributed by atoms with Crippen molar-refractivity contribution in [2.75, 3.05) is 0 Å². The molecule has 0 bridgehead atoms. The first-order chi connectivity index (χ1) is 9.06. The quantitative estimate of drug-likeness (QED) is 0.482. The molecular weight excluding hydrogens is 246 g/mol. The first-order valence-corrected chi connectivity index (χ1v) is 6.01. The Kier molecular flexibility index (Phi) is 3.91. The Morgan fingerprint density at radius 3 is 2.89 bits per heavy atom. The van der Waals surface area contributed by atoms with Crippen LogP contribution >= 0.6 is 0 Å². The highest BCUT2D eigenvalue weighted by Gasteiger charge is 2.22. The van der Waals surface area contributed by atoms with E-state index in [4.69, 9.17) is 5.73 Å². The molecule has 0 aliphatic heterocycles. The Bertz CT molecular complexity index is 528. The molecule has 1 aliphatic carbocycles. The van der Waals surface area contributed by atoms with E-state index in [2.05, 4.69) is 5.32 Å². The third kappa shape index (κ3) is 3.38. The van der Waals surface area contributed by atoms with Crippen LogP contribution in [-0.2, 0) is 11.3 Å². The summed E-state index contributed by atoms with van der Waals surface area (Å²) in [5.41, 5.74) is 6.41. The van der Waals surface area contributed by atoms with Crippen molar-refractivity contribution in [3.63, 3.8) is 0 Å². The van der Waals surface area contributed by atoms with Crippen LogP contribution in [0.15, 0.2) is 36.4 Å². The molecule has 2 atom stereocenters. The molecule has 1 amide bonds. The highest BCUT2D eigenvalue weighted by molar-refractivity contribution is 5.81. The van der Waals surface area contributed by atoms with E-state index in [9.17, 15) is 14.9 Å². The van der Waals surface area contributed by atoms with Gasteiger partial charge in [-0.2, -0.15) is 0 Å². The number of amides is 1. The van der Waals surface area contributed by atoms with Crippen molar-refractivity contribution in [2.24, 2.45) is 11.7 Å². The normalized spacial score (nSPS) is 21.3. The van der Waals surface area contributed by atoms with Crippen LogP contribution in [0.25, 0.3) is 0 Å². The molecule has 0 spiro atoms. The van der Waals surface area contributed by atoms with Gasteiger partial charge in [-0.05, 0) is 12.0 Å². The minimum atomic E-state index is -0.454. The molecule has 0 heterocycles. The van der Waals surface area contributed by atoms with Crippen molar-refractivity contribution in [2.45, 2.75) is 19.0 Å². The molecule has 6 nitrogen and oxygen atoms in total. The number of rotatable bonds is 4. The fourth-order valence-electron chi connectivity index (χ4n) is 2.02. The summed E-state index contributed by atoms with van der Waals surface area (Å²) in [4.78, 5) is 22.0. The summed E-state index contributed by atoms with van der Waals surface area (Å²) in [5, 5.41) is 13.4. The van der Waals surface area contributed by atoms with Gasteiger partial charge in [-0.3, -0.25) is 14.9 Å². The molecule has 0 radical (unpaired) electrons. The monoisotopic (exact) mass is 261 g/mol. The van der Waals surface area contributed by atoms with Crippen LogP contribution in [0.1, 0.15) is 12.0 Å². The van der Waals surface area contributed by atoms with E-state index in [1.165, 1.54) is 12.1 Å². The van der Waals surface area contributed by atoms with E-state index in [1.807, 2.05) is 6.08 Å². The number of nitrogens with one attached hydrogen (secondary N) is 1. The van der Waals surface area contributed by atoms with E-state index < -0.39 is 4.92 Å². The number of carbonyl (C=O) groups is 1. The largest absolute Gasteiger partial charge is 0.352 e. The number of non-ortho nitro benzene ring substituents is 1. The lowest BCUT2D eigenvalue weighted by Crippen LogP contribution is -2.30. The summed E-state index contributed by atoms with van der Waals surface area (Å²) in [6, 6.07) is 6.16. The van der Waals surface area contributed by atoms with Gasteiger partial charge in [-0.1, -0.05) is 24.3 Å². The summed E-state index contributed by atoms with van der Waals surface area (Å²) in [6.07, 6.45) is 4.23. The van der Waals surface area contributed by atoms with Gasteiger partial charge in [0.15, 0.2) is 0 Å². The predicted octanol–water partition coefficient (Wildman–Crippen LogP) is 1.11. The zero-order chi connectivity index (χ0) is 13.8. The number of nitro groups is 1. The van der Waals surface area contributed by atoms with E-state index in [1.54, 1.807) is 18.2 Å². The van der Waals surface area contributed by atoms with Crippen LogP contribution in [0.4, 0.5) is 5.69 Å². The SMILES string of the molecule is NC1C=CC(C(=O)NCc2cccc([N+](=O)[O-])c2)C1. The molecule has 0 saturated carbocycles. The third-order valence-corrected chi connectivity index (χ3v) is 3.04. The van der Waals surface area contributed by atoms with Crippen LogP contribution in [0.2, 0.25) is 0 Å². The number of hydrogen-bond donors (Lipinski definition) is 2. The van der Waals surface area contributed by atoms with Crippen molar-refractivity contribution in [1.29, 1.82) is 0 Å². The summed E-state index contributed by atoms with van der Waals surface area (Å²) in [6.45, 7) is 0.278. The number of nitro benzene ring substituents is 1. The zero-order valence-electron chi connectivity index (χ0n) is 10.3. The van der Waals surface area contributed by atoms with E-state index in [-0.39, 0.29) is 30.1 Å². The maximum atomic E-state index is 11.8. The van der Waals surface area contributed by atoms with Crippen molar-refractivity contribution in [3.8, 4) is 0 Å². The summed E-state index contributed by atoms with van der Waals surface area (Å²) in [5.74, 6) is -0.301. The third-order valence-electron chi connectivity index (χ3n) is 3.04. The minimum Gasteiger partial charge on any atom is -0.352 e. The second-order valence-electron chi connectivity index (χ2n) is 4.54. The molecule has 6 heteroatoms. The minimum absolute atomic E-state index is 0.0227. The zero-order valence-corrected chi connectivity index (χ0v) is 10.3. The molecule has 100 valence electrons. The molecule has 0 fully saturated rings. The van der Waals surface area contributed by atoms with Gasteiger partial charge in [-0.15, -0.1) is 0 Å². The highest BCUT2D eigenvalue weighted by atomic mass is 16.6. The van der Waals surface area contributed by atoms with Crippen LogP contribution < -0.4 is 11.1 Å². The van der Waals surface area contributed by atoms with Crippen molar-refractivity contribution < 1.29 is 9.72 Å². The fraction of sp³-hybridized carbons (Fsp3) is 0.308. The fourth-order valence-corrected chi connectivity index (χ4v) is 2.02. The smallest absolute Gasteiger partial charge is 0.269 e. The Hall–Kier alpha value is -2.21. The first kappa shape index (κ1) is 13.2. The Labute approximate surface area is 110 Å². The van der Waals surface area contributed by atoms with Crippen LogP contribution in [-0.4, -0.2) is 16.9 Å². The molecule has 1 aliphatic rings. The number of hydrogen-bond acceptors (Lipinski definition) is 4. The van der Waals surface area contributed by atoms with Crippen molar-refractivity contribution >= 4 is 11.6 Å². The summed E-state index contributed by atoms with van der Waals surface area (Å²) < 4.78 is 0. The van der Waals surface area contributed by atoms with E-state index in [0.717, 1.165) is 0 Å².